The Labute approximate surface area is 73.5 Å². The van der Waals surface area contributed by atoms with Gasteiger partial charge in [0.25, 0.3) is 0 Å². The van der Waals surface area contributed by atoms with Gasteiger partial charge in [0, 0.05) is 25.6 Å². The summed E-state index contributed by atoms with van der Waals surface area (Å²) >= 11 is 0. The molecule has 2 aliphatic rings. The third kappa shape index (κ3) is 1.76. The van der Waals surface area contributed by atoms with E-state index in [1.165, 1.54) is 0 Å². The van der Waals surface area contributed by atoms with Crippen molar-refractivity contribution in [3.05, 3.63) is 30.7 Å². The van der Waals surface area contributed by atoms with Crippen LogP contribution in [0.15, 0.2) is 24.3 Å². The lowest BCUT2D eigenvalue weighted by atomic mass is 10.1. The van der Waals surface area contributed by atoms with Crippen molar-refractivity contribution in [2.45, 2.75) is 6.04 Å². The first-order valence-corrected chi connectivity index (χ1v) is 4.47. The first-order valence-electron chi connectivity index (χ1n) is 4.47. The zero-order chi connectivity index (χ0) is 8.23. The molecule has 2 nitrogen and oxygen atoms in total. The lowest BCUT2D eigenvalue weighted by molar-refractivity contribution is 0.0329. The highest BCUT2D eigenvalue weighted by Gasteiger charge is 2.16. The second-order valence-corrected chi connectivity index (χ2v) is 3.10. The van der Waals surface area contributed by atoms with Crippen molar-refractivity contribution in [1.29, 1.82) is 0 Å². The molecule has 1 aliphatic carbocycles. The summed E-state index contributed by atoms with van der Waals surface area (Å²) in [5.74, 6) is 0. The molecule has 0 aromatic heterocycles. The maximum absolute atomic E-state index is 5.29. The highest BCUT2D eigenvalue weighted by molar-refractivity contribution is 5.22. The monoisotopic (exact) mass is 164 g/mol. The first kappa shape index (κ1) is 8.02. The summed E-state index contributed by atoms with van der Waals surface area (Å²) in [5.41, 5.74) is 0. The molecule has 0 aromatic carbocycles. The fraction of sp³-hybridized carbons (Fsp3) is 0.500. The van der Waals surface area contributed by atoms with Crippen LogP contribution in [-0.2, 0) is 4.74 Å². The molecule has 65 valence electrons. The van der Waals surface area contributed by atoms with Crippen molar-refractivity contribution >= 4 is 0 Å². The minimum absolute atomic E-state index is 0.499. The first-order chi connectivity index (χ1) is 5.97. The fourth-order valence-electron chi connectivity index (χ4n) is 1.60. The Balaban J connectivity index is 1.93. The molecule has 0 saturated carbocycles. The van der Waals surface area contributed by atoms with Crippen LogP contribution in [0, 0.1) is 6.42 Å². The Hall–Kier alpha value is -0.600. The van der Waals surface area contributed by atoms with E-state index in [1.54, 1.807) is 0 Å². The highest BCUT2D eigenvalue weighted by Crippen LogP contribution is 2.10. The number of rotatable bonds is 1. The van der Waals surface area contributed by atoms with Gasteiger partial charge in [0.05, 0.1) is 13.2 Å². The van der Waals surface area contributed by atoms with E-state index in [4.69, 9.17) is 4.74 Å². The summed E-state index contributed by atoms with van der Waals surface area (Å²) in [5, 5.41) is 0. The zero-order valence-corrected chi connectivity index (χ0v) is 7.15. The summed E-state index contributed by atoms with van der Waals surface area (Å²) in [7, 11) is 0. The molecule has 1 aliphatic heterocycles. The van der Waals surface area contributed by atoms with Gasteiger partial charge in [-0.2, -0.15) is 0 Å². The molecule has 0 spiro atoms. The molecule has 0 aromatic rings. The Morgan fingerprint density at radius 1 is 1.08 bits per heavy atom. The van der Waals surface area contributed by atoms with E-state index in [2.05, 4.69) is 35.6 Å². The molecule has 1 fully saturated rings. The Bertz CT molecular complexity index is 180. The number of hydrogen-bond donors (Lipinski definition) is 0. The molecule has 1 radical (unpaired) electrons. The van der Waals surface area contributed by atoms with Crippen LogP contribution in [0.25, 0.3) is 0 Å². The van der Waals surface area contributed by atoms with Gasteiger partial charge in [-0.25, -0.2) is 0 Å². The zero-order valence-electron chi connectivity index (χ0n) is 7.15. The van der Waals surface area contributed by atoms with Crippen molar-refractivity contribution in [3.63, 3.8) is 0 Å². The largest absolute Gasteiger partial charge is 0.379 e. The van der Waals surface area contributed by atoms with E-state index < -0.39 is 0 Å². The second-order valence-electron chi connectivity index (χ2n) is 3.10. The van der Waals surface area contributed by atoms with Crippen LogP contribution in [0.1, 0.15) is 0 Å². The molecule has 1 saturated heterocycles. The molecular formula is C10H14NO. The van der Waals surface area contributed by atoms with E-state index in [0.29, 0.717) is 6.04 Å². The van der Waals surface area contributed by atoms with Crippen LogP contribution in [-0.4, -0.2) is 37.2 Å². The van der Waals surface area contributed by atoms with E-state index in [9.17, 15) is 0 Å². The van der Waals surface area contributed by atoms with Crippen molar-refractivity contribution in [2.75, 3.05) is 26.3 Å². The van der Waals surface area contributed by atoms with Gasteiger partial charge in [-0.15, -0.1) is 0 Å². The van der Waals surface area contributed by atoms with Crippen molar-refractivity contribution in [2.24, 2.45) is 0 Å². The van der Waals surface area contributed by atoms with Crippen LogP contribution in [0.4, 0.5) is 0 Å². The molecule has 12 heavy (non-hydrogen) atoms. The lowest BCUT2D eigenvalue weighted by Crippen LogP contribution is -2.42. The highest BCUT2D eigenvalue weighted by atomic mass is 16.5. The average Bonchev–Trinajstić information content (AvgIpc) is 2.21. The molecular weight excluding hydrogens is 150 g/mol. The van der Waals surface area contributed by atoms with E-state index in [1.807, 2.05) is 0 Å². The summed E-state index contributed by atoms with van der Waals surface area (Å²) in [4.78, 5) is 2.43. The average molecular weight is 164 g/mol. The fourth-order valence-corrected chi connectivity index (χ4v) is 1.60. The summed E-state index contributed by atoms with van der Waals surface area (Å²) < 4.78 is 5.29. The van der Waals surface area contributed by atoms with Crippen LogP contribution in [0.5, 0.6) is 0 Å². The van der Waals surface area contributed by atoms with E-state index in [0.717, 1.165) is 26.3 Å². The predicted octanol–water partition coefficient (Wildman–Crippen LogP) is 1.02. The Morgan fingerprint density at radius 3 is 2.42 bits per heavy atom. The van der Waals surface area contributed by atoms with Crippen molar-refractivity contribution < 1.29 is 4.74 Å². The van der Waals surface area contributed by atoms with Gasteiger partial charge < -0.3 is 4.74 Å². The predicted molar refractivity (Wildman–Crippen MR) is 48.8 cm³/mol. The minimum atomic E-state index is 0.499. The number of allylic oxidation sites excluding steroid dienone is 2. The van der Waals surface area contributed by atoms with Gasteiger partial charge in [-0.05, 0) is 0 Å². The third-order valence-corrected chi connectivity index (χ3v) is 2.31. The molecule has 2 rings (SSSR count). The maximum Gasteiger partial charge on any atom is 0.0594 e. The van der Waals surface area contributed by atoms with E-state index >= 15 is 0 Å². The van der Waals surface area contributed by atoms with Crippen LogP contribution in [0.3, 0.4) is 0 Å². The molecule has 0 amide bonds. The summed E-state index contributed by atoms with van der Waals surface area (Å²) in [6.45, 7) is 3.86. The minimum Gasteiger partial charge on any atom is -0.379 e. The van der Waals surface area contributed by atoms with Gasteiger partial charge in [-0.1, -0.05) is 24.3 Å². The molecule has 2 heteroatoms. The van der Waals surface area contributed by atoms with E-state index in [-0.39, 0.29) is 0 Å². The van der Waals surface area contributed by atoms with Crippen LogP contribution >= 0.6 is 0 Å². The molecule has 0 unspecified atom stereocenters. The smallest absolute Gasteiger partial charge is 0.0594 e. The van der Waals surface area contributed by atoms with Gasteiger partial charge in [0.1, 0.15) is 0 Å². The molecule has 0 atom stereocenters. The second kappa shape index (κ2) is 3.87. The van der Waals surface area contributed by atoms with Crippen molar-refractivity contribution in [3.8, 4) is 0 Å². The molecule has 0 bridgehead atoms. The van der Waals surface area contributed by atoms with Gasteiger partial charge in [-0.3, -0.25) is 4.90 Å². The number of morpholine rings is 1. The third-order valence-electron chi connectivity index (χ3n) is 2.31. The van der Waals surface area contributed by atoms with Gasteiger partial charge in [0.15, 0.2) is 0 Å². The quantitative estimate of drug-likeness (QED) is 0.573. The number of nitrogens with zero attached hydrogens (tertiary/aromatic N) is 1. The maximum atomic E-state index is 5.29. The SMILES string of the molecule is [CH]1C=CC(N2CCOCC2)C=C1. The normalized spacial score (nSPS) is 26.3. The molecule has 1 heterocycles. The van der Waals surface area contributed by atoms with Crippen LogP contribution < -0.4 is 0 Å². The topological polar surface area (TPSA) is 12.5 Å². The number of ether oxygens (including phenoxy) is 1. The van der Waals surface area contributed by atoms with Gasteiger partial charge in [0.2, 0.25) is 0 Å². The lowest BCUT2D eigenvalue weighted by Gasteiger charge is -2.31. The Kier molecular flexibility index (Phi) is 2.59. The Morgan fingerprint density at radius 2 is 1.75 bits per heavy atom. The standard InChI is InChI=1S/C10H14NO/c1-2-4-10(5-3-1)11-6-8-12-9-7-11/h1-5,10H,6-9H2. The van der Waals surface area contributed by atoms with Gasteiger partial charge >= 0.3 is 0 Å². The summed E-state index contributed by atoms with van der Waals surface area (Å²) in [6, 6.07) is 0.499. The summed E-state index contributed by atoms with van der Waals surface area (Å²) in [6.07, 6.45) is 10.7. The van der Waals surface area contributed by atoms with Crippen molar-refractivity contribution in [1.82, 2.24) is 4.90 Å². The van der Waals surface area contributed by atoms with Crippen LogP contribution in [0.2, 0.25) is 0 Å². The molecule has 0 N–H and O–H groups in total. The number of hydrogen-bond acceptors (Lipinski definition) is 2.